The molecule has 4 aromatic carbocycles. The second-order valence-corrected chi connectivity index (χ2v) is 14.2. The van der Waals surface area contributed by atoms with Gasteiger partial charge < -0.3 is 5.11 Å². The number of nitrogens with zero attached hydrogens (tertiary/aromatic N) is 1. The number of aryl methyl sites for hydroxylation is 2. The molecule has 1 heterocycles. The predicted molar refractivity (Wildman–Crippen MR) is 188 cm³/mol. The van der Waals surface area contributed by atoms with Crippen LogP contribution < -0.4 is 4.90 Å². The first-order valence-electron chi connectivity index (χ1n) is 16.7. The Kier molecular flexibility index (Phi) is 7.34. The molecule has 2 amide bonds. The molecule has 2 fully saturated rings. The molecular formula is C42H34ClNO5. The van der Waals surface area contributed by atoms with Gasteiger partial charge in [0.15, 0.2) is 11.6 Å². The summed E-state index contributed by atoms with van der Waals surface area (Å²) in [6.07, 6.45) is 4.12. The zero-order valence-electron chi connectivity index (χ0n) is 27.1. The van der Waals surface area contributed by atoms with E-state index in [0.29, 0.717) is 33.8 Å². The summed E-state index contributed by atoms with van der Waals surface area (Å²) in [6, 6.07) is 29.2. The maximum Gasteiger partial charge on any atom is 0.238 e. The topological polar surface area (TPSA) is 91.8 Å². The molecule has 8 rings (SSSR count). The summed E-state index contributed by atoms with van der Waals surface area (Å²) < 4.78 is 0. The van der Waals surface area contributed by atoms with E-state index in [4.69, 9.17) is 11.6 Å². The molecule has 3 aliphatic carbocycles. The summed E-state index contributed by atoms with van der Waals surface area (Å²) in [5.41, 5.74) is 3.99. The van der Waals surface area contributed by atoms with Crippen molar-refractivity contribution in [1.29, 1.82) is 0 Å². The number of Topliss-reactive ketones (excluding diaryl/α,β-unsaturated/α-hetero) is 1. The summed E-state index contributed by atoms with van der Waals surface area (Å²) in [5, 5.41) is 11.0. The van der Waals surface area contributed by atoms with Crippen LogP contribution in [0.4, 0.5) is 5.69 Å². The van der Waals surface area contributed by atoms with Gasteiger partial charge in [0.2, 0.25) is 11.8 Å². The zero-order valence-corrected chi connectivity index (χ0v) is 27.9. The number of phenolic OH excluding ortho intramolecular Hbond substituents is 1. The lowest BCUT2D eigenvalue weighted by molar-refractivity contribution is -0.135. The first kappa shape index (κ1) is 31.2. The molecule has 1 N–H and O–H groups in total. The smallest absolute Gasteiger partial charge is 0.238 e. The lowest BCUT2D eigenvalue weighted by Crippen LogP contribution is -2.58. The molecule has 6 atom stereocenters. The predicted octanol–water partition coefficient (Wildman–Crippen LogP) is 7.69. The molecule has 0 spiro atoms. The first-order chi connectivity index (χ1) is 23.6. The highest BCUT2D eigenvalue weighted by Gasteiger charge is 2.66. The van der Waals surface area contributed by atoms with Crippen molar-refractivity contribution in [2.24, 2.45) is 23.7 Å². The summed E-state index contributed by atoms with van der Waals surface area (Å²) in [6.45, 7) is 3.67. The van der Waals surface area contributed by atoms with E-state index in [9.17, 15) is 19.5 Å². The van der Waals surface area contributed by atoms with Crippen LogP contribution >= 0.6 is 11.6 Å². The Morgan fingerprint density at radius 3 is 2.20 bits per heavy atom. The van der Waals surface area contributed by atoms with Gasteiger partial charge in [0.05, 0.1) is 22.9 Å². The Morgan fingerprint density at radius 2 is 1.51 bits per heavy atom. The van der Waals surface area contributed by atoms with E-state index >= 15 is 4.79 Å². The second-order valence-electron chi connectivity index (χ2n) is 13.8. The molecule has 7 heteroatoms. The molecule has 6 unspecified atom stereocenters. The summed E-state index contributed by atoms with van der Waals surface area (Å²) in [7, 11) is 0. The van der Waals surface area contributed by atoms with E-state index in [1.54, 1.807) is 24.3 Å². The third kappa shape index (κ3) is 4.54. The van der Waals surface area contributed by atoms with E-state index in [2.05, 4.69) is 0 Å². The average Bonchev–Trinajstić information content (AvgIpc) is 3.37. The van der Waals surface area contributed by atoms with E-state index in [1.807, 2.05) is 92.7 Å². The summed E-state index contributed by atoms with van der Waals surface area (Å²) in [4.78, 5) is 59.9. The summed E-state index contributed by atoms with van der Waals surface area (Å²) >= 11 is 6.45. The molecule has 49 heavy (non-hydrogen) atoms. The normalized spacial score (nSPS) is 27.7. The van der Waals surface area contributed by atoms with Crippen LogP contribution in [-0.4, -0.2) is 28.5 Å². The fourth-order valence-corrected chi connectivity index (χ4v) is 9.26. The van der Waals surface area contributed by atoms with Crippen molar-refractivity contribution in [2.45, 2.75) is 38.0 Å². The van der Waals surface area contributed by atoms with Gasteiger partial charge in [0.1, 0.15) is 5.75 Å². The van der Waals surface area contributed by atoms with Gasteiger partial charge in [-0.15, -0.1) is 0 Å². The fraction of sp³-hybridized carbons (Fsp3) is 0.238. The van der Waals surface area contributed by atoms with E-state index < -0.39 is 35.0 Å². The van der Waals surface area contributed by atoms with Crippen molar-refractivity contribution in [3.8, 4) is 5.75 Å². The van der Waals surface area contributed by atoms with E-state index in [-0.39, 0.29) is 35.6 Å². The van der Waals surface area contributed by atoms with Gasteiger partial charge in [0.25, 0.3) is 0 Å². The molecule has 0 aromatic heterocycles. The van der Waals surface area contributed by atoms with Crippen LogP contribution in [-0.2, 0) is 24.6 Å². The molecule has 244 valence electrons. The molecule has 1 saturated heterocycles. The van der Waals surface area contributed by atoms with Crippen molar-refractivity contribution >= 4 is 46.2 Å². The molecule has 1 saturated carbocycles. The van der Waals surface area contributed by atoms with Crippen molar-refractivity contribution in [3.05, 3.63) is 148 Å². The monoisotopic (exact) mass is 667 g/mol. The van der Waals surface area contributed by atoms with Gasteiger partial charge in [-0.3, -0.25) is 19.2 Å². The average molecular weight is 668 g/mol. The highest BCUT2D eigenvalue weighted by molar-refractivity contribution is 6.33. The van der Waals surface area contributed by atoms with Gasteiger partial charge in [-0.1, -0.05) is 102 Å². The van der Waals surface area contributed by atoms with Crippen LogP contribution in [0.15, 0.2) is 115 Å². The SMILES string of the molecule is Cc1cc(C2C3=CCC4C(=O)N(c5ccc(C)c(Cl)c5)C(=O)C4C3CC3C(=O)C(c4ccccc4)=CC(=O)C32c2ccccc2)ccc1O. The standard InChI is InChI=1S/C42H34ClNO5/c1-23-13-15-28(20-34(23)43)44-40(48)30-17-16-29-32(37(30)41(44)49)21-33-39(47)31(25-9-5-3-6-10-25)22-36(46)42(33,27-11-7-4-8-12-27)38(29)26-14-18-35(45)24(2)19-26/h3-16,18-20,22,30,32-33,37-38,45H,17,21H2,1-2H3. The number of allylic oxidation sites excluding steroid dienone is 4. The van der Waals surface area contributed by atoms with Crippen molar-refractivity contribution in [1.82, 2.24) is 0 Å². The Bertz CT molecular complexity index is 2140. The number of hydrogen-bond donors (Lipinski definition) is 1. The van der Waals surface area contributed by atoms with E-state index in [0.717, 1.165) is 22.3 Å². The van der Waals surface area contributed by atoms with Gasteiger partial charge in [0, 0.05) is 22.4 Å². The number of phenols is 1. The maximum absolute atomic E-state index is 15.1. The minimum Gasteiger partial charge on any atom is -0.508 e. The first-order valence-corrected chi connectivity index (χ1v) is 17.1. The van der Waals surface area contributed by atoms with Crippen LogP contribution in [0, 0.1) is 37.5 Å². The molecule has 4 aliphatic rings. The Balaban J connectivity index is 1.35. The van der Waals surface area contributed by atoms with Crippen LogP contribution in [0.2, 0.25) is 5.02 Å². The maximum atomic E-state index is 15.1. The molecule has 4 aromatic rings. The van der Waals surface area contributed by atoms with Crippen molar-refractivity contribution < 1.29 is 24.3 Å². The van der Waals surface area contributed by atoms with Crippen LogP contribution in [0.25, 0.3) is 5.57 Å². The molecule has 1 aliphatic heterocycles. The van der Waals surface area contributed by atoms with E-state index in [1.165, 1.54) is 11.0 Å². The second kappa shape index (κ2) is 11.5. The van der Waals surface area contributed by atoms with Gasteiger partial charge in [-0.05, 0) is 84.7 Å². The number of ketones is 2. The zero-order chi connectivity index (χ0) is 34.2. The van der Waals surface area contributed by atoms with Gasteiger partial charge in [-0.2, -0.15) is 0 Å². The number of rotatable bonds is 4. The Morgan fingerprint density at radius 1 is 0.796 bits per heavy atom. The Hall–Kier alpha value is -5.07. The molecule has 0 bridgehead atoms. The van der Waals surface area contributed by atoms with Crippen LogP contribution in [0.3, 0.4) is 0 Å². The number of hydrogen-bond acceptors (Lipinski definition) is 5. The number of anilines is 1. The highest BCUT2D eigenvalue weighted by Crippen LogP contribution is 2.64. The number of amides is 2. The fourth-order valence-electron chi connectivity index (χ4n) is 9.08. The third-order valence-corrected chi connectivity index (χ3v) is 11.8. The lowest BCUT2D eigenvalue weighted by atomic mass is 9.44. The minimum atomic E-state index is -1.31. The number of benzene rings is 4. The van der Waals surface area contributed by atoms with Crippen molar-refractivity contribution in [2.75, 3.05) is 4.90 Å². The number of aromatic hydroxyl groups is 1. The Labute approximate surface area is 289 Å². The number of fused-ring (bicyclic) bond motifs is 4. The lowest BCUT2D eigenvalue weighted by Gasteiger charge is -2.55. The largest absolute Gasteiger partial charge is 0.508 e. The number of carbonyl (C=O) groups is 4. The van der Waals surface area contributed by atoms with Gasteiger partial charge in [-0.25, -0.2) is 4.90 Å². The number of halogens is 1. The summed E-state index contributed by atoms with van der Waals surface area (Å²) in [5.74, 6) is -4.05. The van der Waals surface area contributed by atoms with Crippen LogP contribution in [0.1, 0.15) is 46.6 Å². The minimum absolute atomic E-state index is 0.125. The highest BCUT2D eigenvalue weighted by atomic mass is 35.5. The van der Waals surface area contributed by atoms with Crippen molar-refractivity contribution in [3.63, 3.8) is 0 Å². The number of carbonyl (C=O) groups excluding carboxylic acids is 4. The molecular weight excluding hydrogens is 634 g/mol. The number of imide groups is 1. The third-order valence-electron chi connectivity index (χ3n) is 11.3. The van der Waals surface area contributed by atoms with Crippen LogP contribution in [0.5, 0.6) is 5.75 Å². The molecule has 0 radical (unpaired) electrons. The quantitative estimate of drug-likeness (QED) is 0.178. The molecule has 6 nitrogen and oxygen atoms in total. The van der Waals surface area contributed by atoms with Gasteiger partial charge >= 0.3 is 0 Å².